The second-order valence-corrected chi connectivity index (χ2v) is 9.01. The molecule has 10 nitrogen and oxygen atoms in total. The van der Waals surface area contributed by atoms with Crippen molar-refractivity contribution in [1.82, 2.24) is 0 Å². The fraction of sp³-hybridized carbons (Fsp3) is 0. The molecule has 0 atom stereocenters. The van der Waals surface area contributed by atoms with Gasteiger partial charge in [-0.2, -0.15) is 30.2 Å². The Morgan fingerprint density at radius 2 is 1.27 bits per heavy atom. The molecule has 0 aromatic heterocycles. The summed E-state index contributed by atoms with van der Waals surface area (Å²) in [6.45, 7) is 0. The molecule has 2 aromatic rings. The molecule has 15 heteroatoms. The van der Waals surface area contributed by atoms with Crippen molar-refractivity contribution in [2.24, 2.45) is 4.99 Å². The van der Waals surface area contributed by atoms with Gasteiger partial charge in [0.25, 0.3) is 30.4 Å². The second-order valence-electron chi connectivity index (χ2n) is 4.59. The van der Waals surface area contributed by atoms with Crippen LogP contribution >= 0.6 is 12.2 Å². The van der Waals surface area contributed by atoms with Gasteiger partial charge < -0.3 is 0 Å². The monoisotopic (exact) mass is 448 g/mol. The van der Waals surface area contributed by atoms with Gasteiger partial charge in [0.15, 0.2) is 0 Å². The van der Waals surface area contributed by atoms with Gasteiger partial charge in [-0.25, -0.2) is 0 Å². The van der Waals surface area contributed by atoms with E-state index in [0.29, 0.717) is 6.07 Å². The Morgan fingerprint density at radius 1 is 0.808 bits per heavy atom. The molecule has 0 fully saturated rings. The third kappa shape index (κ3) is 4.94. The van der Waals surface area contributed by atoms with Gasteiger partial charge >= 0.3 is 0 Å². The maximum absolute atomic E-state index is 11.6. The average Bonchev–Trinajstić information content (AvgIpc) is 2.43. The average molecular weight is 448 g/mol. The number of isothiocyanates is 1. The van der Waals surface area contributed by atoms with Crippen molar-refractivity contribution in [2.75, 3.05) is 0 Å². The third-order valence-corrected chi connectivity index (χ3v) is 5.61. The zero-order valence-corrected chi connectivity index (χ0v) is 17.9. The van der Waals surface area contributed by atoms with E-state index in [2.05, 4.69) is 17.2 Å². The SMILES string of the molecule is O=S(=O)(O)c1cc(N=C=S)c2c(S(=O)(=O)O)cc(S(=O)(=O)O)cc2c1.[Na]. The van der Waals surface area contributed by atoms with Gasteiger partial charge in [-0.3, -0.25) is 13.7 Å². The largest absolute Gasteiger partial charge is 0.295 e. The van der Waals surface area contributed by atoms with E-state index in [1.54, 1.807) is 0 Å². The fourth-order valence-electron chi connectivity index (χ4n) is 2.04. The summed E-state index contributed by atoms with van der Waals surface area (Å²) in [6, 6.07) is 2.67. The minimum absolute atomic E-state index is 0. The van der Waals surface area contributed by atoms with Crippen LogP contribution in [0.1, 0.15) is 0 Å². The van der Waals surface area contributed by atoms with Gasteiger partial charge in [-0.05, 0) is 41.9 Å². The van der Waals surface area contributed by atoms with Gasteiger partial charge in [-0.1, -0.05) is 0 Å². The van der Waals surface area contributed by atoms with Crippen molar-refractivity contribution in [1.29, 1.82) is 0 Å². The van der Waals surface area contributed by atoms with Crippen molar-refractivity contribution in [3.63, 3.8) is 0 Å². The van der Waals surface area contributed by atoms with Crippen molar-refractivity contribution in [2.45, 2.75) is 14.7 Å². The molecule has 0 bridgehead atoms. The van der Waals surface area contributed by atoms with Gasteiger partial charge in [0.2, 0.25) is 0 Å². The Morgan fingerprint density at radius 3 is 1.65 bits per heavy atom. The molecule has 135 valence electrons. The molecular weight excluding hydrogens is 441 g/mol. The summed E-state index contributed by atoms with van der Waals surface area (Å²) in [7, 11) is -14.7. The van der Waals surface area contributed by atoms with Gasteiger partial charge in [0.05, 0.1) is 20.6 Å². The zero-order chi connectivity index (χ0) is 19.2. The molecule has 3 N–H and O–H groups in total. The molecule has 0 amide bonds. The molecule has 0 aliphatic rings. The predicted octanol–water partition coefficient (Wildman–Crippen LogP) is 0.933. The third-order valence-electron chi connectivity index (χ3n) is 2.98. The predicted molar refractivity (Wildman–Crippen MR) is 93.8 cm³/mol. The number of nitrogens with zero attached hydrogens (tertiary/aromatic N) is 1. The zero-order valence-electron chi connectivity index (χ0n) is 12.7. The summed E-state index contributed by atoms with van der Waals surface area (Å²) < 4.78 is 96.1. The smallest absolute Gasteiger partial charge is 0.282 e. The summed E-state index contributed by atoms with van der Waals surface area (Å²) >= 11 is 4.38. The first-order valence-corrected chi connectivity index (χ1v) is 10.6. The van der Waals surface area contributed by atoms with Crippen LogP contribution in [-0.4, -0.2) is 73.6 Å². The maximum atomic E-state index is 11.6. The van der Waals surface area contributed by atoms with E-state index in [0.717, 1.165) is 18.2 Å². The number of benzene rings is 2. The van der Waals surface area contributed by atoms with Crippen LogP contribution in [0.3, 0.4) is 0 Å². The Hall–Kier alpha value is -0.770. The van der Waals surface area contributed by atoms with Crippen LogP contribution in [0.4, 0.5) is 5.69 Å². The molecule has 1 radical (unpaired) electrons. The molecule has 0 saturated heterocycles. The Bertz CT molecular complexity index is 1260. The molecule has 0 aliphatic carbocycles. The first-order valence-electron chi connectivity index (χ1n) is 5.87. The molecule has 0 unspecified atom stereocenters. The van der Waals surface area contributed by atoms with E-state index in [-0.39, 0.29) is 40.3 Å². The first-order chi connectivity index (χ1) is 11.2. The number of hydrogen-bond acceptors (Lipinski definition) is 8. The molecule has 2 rings (SSSR count). The van der Waals surface area contributed by atoms with E-state index in [4.69, 9.17) is 9.11 Å². The van der Waals surface area contributed by atoms with Crippen LogP contribution in [0, 0.1) is 0 Å². The van der Waals surface area contributed by atoms with Crippen LogP contribution in [0.2, 0.25) is 0 Å². The molecular formula is C11H7NNaO9S4. The Labute approximate surface area is 175 Å². The van der Waals surface area contributed by atoms with E-state index >= 15 is 0 Å². The molecule has 0 heterocycles. The van der Waals surface area contributed by atoms with Crippen molar-refractivity contribution in [3.8, 4) is 0 Å². The number of rotatable bonds is 4. The summed E-state index contributed by atoms with van der Waals surface area (Å²) in [5.74, 6) is 0. The van der Waals surface area contributed by atoms with Crippen LogP contribution in [0.25, 0.3) is 10.8 Å². The maximum Gasteiger partial charge on any atom is 0.295 e. The van der Waals surface area contributed by atoms with Crippen molar-refractivity contribution < 1.29 is 38.9 Å². The van der Waals surface area contributed by atoms with Crippen LogP contribution < -0.4 is 0 Å². The van der Waals surface area contributed by atoms with E-state index in [1.165, 1.54) is 0 Å². The summed E-state index contributed by atoms with van der Waals surface area (Å²) in [5, 5.41) is 1.10. The normalized spacial score (nSPS) is 12.3. The second kappa shape index (κ2) is 7.69. The van der Waals surface area contributed by atoms with Gasteiger partial charge in [0.1, 0.15) is 4.90 Å². The van der Waals surface area contributed by atoms with Crippen LogP contribution in [-0.2, 0) is 30.4 Å². The Kier molecular flexibility index (Phi) is 6.88. The summed E-state index contributed by atoms with van der Waals surface area (Å²) in [5.41, 5.74) is -0.422. The number of fused-ring (bicyclic) bond motifs is 1. The van der Waals surface area contributed by atoms with Crippen molar-refractivity contribution >= 4 is 93.8 Å². The van der Waals surface area contributed by atoms with Gasteiger partial charge in [-0.15, -0.1) is 0 Å². The minimum atomic E-state index is -5.01. The van der Waals surface area contributed by atoms with E-state index in [1.807, 2.05) is 5.16 Å². The fourth-order valence-corrected chi connectivity index (χ4v) is 4.05. The van der Waals surface area contributed by atoms with Gasteiger partial charge in [0, 0.05) is 34.9 Å². The first kappa shape index (κ1) is 23.3. The van der Waals surface area contributed by atoms with E-state index < -0.39 is 50.7 Å². The number of aliphatic imine (C=N–C) groups is 1. The molecule has 26 heavy (non-hydrogen) atoms. The Balaban J connectivity index is 0.00000338. The standard InChI is InChI=1S/C11H7NO9S4.Na/c13-23(14,15)7-1-6-2-8(24(16,17)18)4-10(25(19,20)21)11(6)9(3-7)12-5-22;/h1-4H,(H,13,14,15)(H,16,17,18)(H,19,20,21);. The topological polar surface area (TPSA) is 175 Å². The molecule has 0 aliphatic heterocycles. The quantitative estimate of drug-likeness (QED) is 0.264. The summed E-state index contributed by atoms with van der Waals surface area (Å²) in [6.07, 6.45) is 0. The van der Waals surface area contributed by atoms with E-state index in [9.17, 15) is 29.8 Å². The molecule has 0 saturated carbocycles. The number of thiocarbonyl (C=S) groups is 1. The molecule has 0 spiro atoms. The number of hydrogen-bond donors (Lipinski definition) is 3. The minimum Gasteiger partial charge on any atom is -0.282 e. The van der Waals surface area contributed by atoms with Crippen LogP contribution in [0.5, 0.6) is 0 Å². The summed E-state index contributed by atoms with van der Waals surface area (Å²) in [4.78, 5) is 0.823. The van der Waals surface area contributed by atoms with Crippen LogP contribution in [0.15, 0.2) is 43.9 Å². The van der Waals surface area contributed by atoms with Crippen molar-refractivity contribution in [3.05, 3.63) is 24.3 Å². The molecule has 2 aromatic carbocycles.